The van der Waals surface area contributed by atoms with Crippen LogP contribution >= 0.6 is 11.3 Å². The molecule has 1 saturated heterocycles. The molecule has 7 heteroatoms. The first-order valence-electron chi connectivity index (χ1n) is 10.7. The number of amides is 2. The number of benzene rings is 1. The normalized spacial score (nSPS) is 23.9. The fourth-order valence-corrected chi connectivity index (χ4v) is 5.43. The minimum Gasteiger partial charge on any atom is -0.380 e. The topological polar surface area (TPSA) is 71.5 Å². The molecule has 0 bridgehead atoms. The number of nitrogens with one attached hydrogen (secondary N) is 1. The van der Waals surface area contributed by atoms with E-state index in [0.29, 0.717) is 39.1 Å². The summed E-state index contributed by atoms with van der Waals surface area (Å²) >= 11 is 1.66. The SMILES string of the molecule is O=C1NCCOCCCN(C(=O)CCc2nc3ccccc3s2)[C@H]2CCCC[C@@H]12. The number of hydrogen-bond donors (Lipinski definition) is 1. The fourth-order valence-electron chi connectivity index (χ4n) is 4.47. The number of ether oxygens (including phenoxy) is 1. The zero-order valence-electron chi connectivity index (χ0n) is 16.8. The highest BCUT2D eigenvalue weighted by atomic mass is 32.1. The lowest BCUT2D eigenvalue weighted by Gasteiger charge is -2.39. The van der Waals surface area contributed by atoms with Gasteiger partial charge in [-0.1, -0.05) is 25.0 Å². The third-order valence-electron chi connectivity index (χ3n) is 5.91. The quantitative estimate of drug-likeness (QED) is 0.836. The van der Waals surface area contributed by atoms with E-state index in [2.05, 4.69) is 16.4 Å². The van der Waals surface area contributed by atoms with Gasteiger partial charge in [0.1, 0.15) is 0 Å². The summed E-state index contributed by atoms with van der Waals surface area (Å²) in [6.07, 6.45) is 5.79. The van der Waals surface area contributed by atoms with Gasteiger partial charge in [0.15, 0.2) is 0 Å². The Kier molecular flexibility index (Phi) is 6.77. The molecule has 1 aromatic carbocycles. The van der Waals surface area contributed by atoms with Crippen molar-refractivity contribution in [2.45, 2.75) is 51.0 Å². The summed E-state index contributed by atoms with van der Waals surface area (Å²) in [5.41, 5.74) is 0.997. The summed E-state index contributed by atoms with van der Waals surface area (Å²) in [7, 11) is 0. The van der Waals surface area contributed by atoms with Crippen LogP contribution in [0.25, 0.3) is 10.2 Å². The number of aryl methyl sites for hydroxylation is 1. The first-order valence-corrected chi connectivity index (χ1v) is 11.5. The van der Waals surface area contributed by atoms with E-state index in [9.17, 15) is 9.59 Å². The first-order chi connectivity index (χ1) is 14.2. The maximum absolute atomic E-state index is 13.2. The van der Waals surface area contributed by atoms with E-state index < -0.39 is 0 Å². The molecule has 2 aromatic rings. The fraction of sp³-hybridized carbons (Fsp3) is 0.591. The van der Waals surface area contributed by atoms with E-state index >= 15 is 0 Å². The van der Waals surface area contributed by atoms with Crippen LogP contribution in [0.2, 0.25) is 0 Å². The van der Waals surface area contributed by atoms with Crippen LogP contribution in [0.1, 0.15) is 43.5 Å². The molecule has 1 aliphatic carbocycles. The highest BCUT2D eigenvalue weighted by Gasteiger charge is 2.36. The van der Waals surface area contributed by atoms with Crippen LogP contribution in [0, 0.1) is 5.92 Å². The molecule has 1 N–H and O–H groups in total. The maximum Gasteiger partial charge on any atom is 0.225 e. The molecular weight excluding hydrogens is 386 g/mol. The second kappa shape index (κ2) is 9.67. The number of carbonyl (C=O) groups excluding carboxylic acids is 2. The molecule has 1 saturated carbocycles. The number of hydrogen-bond acceptors (Lipinski definition) is 5. The Morgan fingerprint density at radius 3 is 2.97 bits per heavy atom. The van der Waals surface area contributed by atoms with E-state index in [-0.39, 0.29) is 23.8 Å². The first kappa shape index (κ1) is 20.3. The second-order valence-corrected chi connectivity index (χ2v) is 8.99. The smallest absolute Gasteiger partial charge is 0.225 e. The summed E-state index contributed by atoms with van der Waals surface area (Å²) < 4.78 is 6.76. The van der Waals surface area contributed by atoms with Crippen LogP contribution in [-0.2, 0) is 20.7 Å². The predicted octanol–water partition coefficient (Wildman–Crippen LogP) is 3.15. The van der Waals surface area contributed by atoms with Crippen molar-refractivity contribution in [3.05, 3.63) is 29.3 Å². The molecule has 1 aliphatic heterocycles. The van der Waals surface area contributed by atoms with Crippen molar-refractivity contribution in [3.63, 3.8) is 0 Å². The van der Waals surface area contributed by atoms with Crippen molar-refractivity contribution in [2.24, 2.45) is 5.92 Å². The Morgan fingerprint density at radius 1 is 1.21 bits per heavy atom. The highest BCUT2D eigenvalue weighted by molar-refractivity contribution is 7.18. The summed E-state index contributed by atoms with van der Waals surface area (Å²) in [6, 6.07) is 8.08. The van der Waals surface area contributed by atoms with Crippen molar-refractivity contribution in [2.75, 3.05) is 26.3 Å². The van der Waals surface area contributed by atoms with E-state index in [0.717, 1.165) is 47.3 Å². The van der Waals surface area contributed by atoms with E-state index in [1.54, 1.807) is 11.3 Å². The van der Waals surface area contributed by atoms with Crippen LogP contribution in [0.5, 0.6) is 0 Å². The molecular formula is C22H29N3O3S. The Balaban J connectivity index is 1.47. The zero-order valence-corrected chi connectivity index (χ0v) is 17.6. The van der Waals surface area contributed by atoms with Crippen LogP contribution < -0.4 is 5.32 Å². The number of fused-ring (bicyclic) bond motifs is 2. The second-order valence-electron chi connectivity index (χ2n) is 7.88. The lowest BCUT2D eigenvalue weighted by Crippen LogP contribution is -2.51. The third kappa shape index (κ3) is 4.95. The van der Waals surface area contributed by atoms with Gasteiger partial charge >= 0.3 is 0 Å². The molecule has 4 rings (SSSR count). The minimum atomic E-state index is -0.103. The van der Waals surface area contributed by atoms with Crippen molar-refractivity contribution < 1.29 is 14.3 Å². The van der Waals surface area contributed by atoms with Gasteiger partial charge in [0.2, 0.25) is 11.8 Å². The maximum atomic E-state index is 13.2. The van der Waals surface area contributed by atoms with Gasteiger partial charge in [-0.25, -0.2) is 4.98 Å². The Bertz CT molecular complexity index is 820. The molecule has 156 valence electrons. The Labute approximate surface area is 175 Å². The summed E-state index contributed by atoms with van der Waals surface area (Å²) in [5.74, 6) is 0.102. The number of aromatic nitrogens is 1. The minimum absolute atomic E-state index is 0.00437. The van der Waals surface area contributed by atoms with Gasteiger partial charge in [0, 0.05) is 38.6 Å². The lowest BCUT2D eigenvalue weighted by molar-refractivity contribution is -0.138. The van der Waals surface area contributed by atoms with Gasteiger partial charge < -0.3 is 15.0 Å². The van der Waals surface area contributed by atoms with Gasteiger partial charge in [-0.05, 0) is 31.4 Å². The van der Waals surface area contributed by atoms with Crippen molar-refractivity contribution in [1.82, 2.24) is 15.2 Å². The zero-order chi connectivity index (χ0) is 20.1. The monoisotopic (exact) mass is 415 g/mol. The molecule has 0 unspecified atom stereocenters. The number of nitrogens with zero attached hydrogens (tertiary/aromatic N) is 2. The van der Waals surface area contributed by atoms with Gasteiger partial charge in [-0.2, -0.15) is 0 Å². The van der Waals surface area contributed by atoms with Gasteiger partial charge in [0.05, 0.1) is 27.7 Å². The molecule has 2 amide bonds. The molecule has 1 aromatic heterocycles. The van der Waals surface area contributed by atoms with Crippen molar-refractivity contribution in [3.8, 4) is 0 Å². The van der Waals surface area contributed by atoms with Crippen LogP contribution in [0.15, 0.2) is 24.3 Å². The molecule has 2 fully saturated rings. The van der Waals surface area contributed by atoms with Crippen LogP contribution in [0.4, 0.5) is 0 Å². The third-order valence-corrected chi connectivity index (χ3v) is 7.01. The van der Waals surface area contributed by atoms with Gasteiger partial charge in [0.25, 0.3) is 0 Å². The van der Waals surface area contributed by atoms with E-state index in [1.807, 2.05) is 23.1 Å². The molecule has 6 nitrogen and oxygen atoms in total. The standard InChI is InChI=1S/C22H29N3O3S/c26-21(11-10-20-24-17-7-2-4-9-19(17)29-20)25-13-5-14-28-15-12-23-22(27)16-6-1-3-8-18(16)25/h2,4,7,9,16,18H,1,3,5-6,8,10-15H2,(H,23,27)/t16-,18+/m1/s1. The van der Waals surface area contributed by atoms with Gasteiger partial charge in [-0.3, -0.25) is 9.59 Å². The Hall–Kier alpha value is -1.99. The molecule has 2 heterocycles. The molecule has 0 radical (unpaired) electrons. The molecule has 2 atom stereocenters. The lowest BCUT2D eigenvalue weighted by atomic mass is 9.82. The molecule has 29 heavy (non-hydrogen) atoms. The van der Waals surface area contributed by atoms with Crippen molar-refractivity contribution in [1.29, 1.82) is 0 Å². The van der Waals surface area contributed by atoms with Crippen LogP contribution in [-0.4, -0.2) is 54.0 Å². The summed E-state index contributed by atoms with van der Waals surface area (Å²) in [4.78, 5) is 32.6. The van der Waals surface area contributed by atoms with Crippen molar-refractivity contribution >= 4 is 33.4 Å². The summed E-state index contributed by atoms with van der Waals surface area (Å²) in [6.45, 7) is 2.37. The average Bonchev–Trinajstić information content (AvgIpc) is 3.15. The number of thiazole rings is 1. The van der Waals surface area contributed by atoms with E-state index in [4.69, 9.17) is 4.74 Å². The average molecular weight is 416 g/mol. The summed E-state index contributed by atoms with van der Waals surface area (Å²) in [5, 5.41) is 4.00. The predicted molar refractivity (Wildman–Crippen MR) is 114 cm³/mol. The Morgan fingerprint density at radius 2 is 2.07 bits per heavy atom. The molecule has 2 aliphatic rings. The van der Waals surface area contributed by atoms with E-state index in [1.165, 1.54) is 0 Å². The van der Waals surface area contributed by atoms with Crippen LogP contribution in [0.3, 0.4) is 0 Å². The largest absolute Gasteiger partial charge is 0.380 e. The van der Waals surface area contributed by atoms with Gasteiger partial charge in [-0.15, -0.1) is 11.3 Å². The highest BCUT2D eigenvalue weighted by Crippen LogP contribution is 2.30. The number of para-hydroxylation sites is 1. The molecule has 0 spiro atoms. The number of rotatable bonds is 3. The number of carbonyl (C=O) groups is 2.